The molecule has 5 rings (SSSR count). The van der Waals surface area contributed by atoms with E-state index in [0.29, 0.717) is 22.3 Å². The fourth-order valence-corrected chi connectivity index (χ4v) is 8.06. The molecule has 0 amide bonds. The first-order chi connectivity index (χ1) is 12.8. The molecule has 0 aromatic heterocycles. The van der Waals surface area contributed by atoms with Crippen LogP contribution in [0.25, 0.3) is 0 Å². The van der Waals surface area contributed by atoms with E-state index in [9.17, 15) is 0 Å². The molecule has 1 saturated heterocycles. The molecule has 4 aliphatic rings. The van der Waals surface area contributed by atoms with E-state index in [2.05, 4.69) is 56.0 Å². The second kappa shape index (κ2) is 5.83. The highest BCUT2D eigenvalue weighted by atomic mass is 15.2. The standard InChI is InChI=1S/C25H38N2/c1-22(2)17-27(12-10-21(22)26)18-24(11-9-19-7-5-4-6-8-19)14-20-13-23(3)16-25(23,24)15-20/h4-8,20-21H,9-18,26H2,1-3H3/t20?,21-,23+,24?,25?/m0/s1. The van der Waals surface area contributed by atoms with E-state index in [1.807, 2.05) is 0 Å². The average Bonchev–Trinajstić information content (AvgIpc) is 2.98. The first-order valence-electron chi connectivity index (χ1n) is 11.3. The summed E-state index contributed by atoms with van der Waals surface area (Å²) in [5.74, 6) is 1.000. The maximum atomic E-state index is 6.44. The van der Waals surface area contributed by atoms with Gasteiger partial charge < -0.3 is 10.6 Å². The van der Waals surface area contributed by atoms with Crippen LogP contribution in [0.3, 0.4) is 0 Å². The third kappa shape index (κ3) is 2.66. The van der Waals surface area contributed by atoms with Crippen LogP contribution in [-0.2, 0) is 6.42 Å². The van der Waals surface area contributed by atoms with Gasteiger partial charge in [0.05, 0.1) is 0 Å². The Labute approximate surface area is 165 Å². The number of likely N-dealkylation sites (tertiary alicyclic amines) is 1. The summed E-state index contributed by atoms with van der Waals surface area (Å²) in [7, 11) is 0. The summed E-state index contributed by atoms with van der Waals surface area (Å²) in [6.45, 7) is 11.1. The van der Waals surface area contributed by atoms with E-state index in [4.69, 9.17) is 5.73 Å². The van der Waals surface area contributed by atoms with Crippen molar-refractivity contribution >= 4 is 0 Å². The second-order valence-corrected chi connectivity index (χ2v) is 11.7. The maximum absolute atomic E-state index is 6.44. The summed E-state index contributed by atoms with van der Waals surface area (Å²) in [4.78, 5) is 2.81. The van der Waals surface area contributed by atoms with Gasteiger partial charge in [0, 0.05) is 19.1 Å². The topological polar surface area (TPSA) is 29.3 Å². The predicted molar refractivity (Wildman–Crippen MR) is 113 cm³/mol. The van der Waals surface area contributed by atoms with Crippen LogP contribution in [0.5, 0.6) is 0 Å². The third-order valence-corrected chi connectivity index (χ3v) is 9.45. The smallest absolute Gasteiger partial charge is 0.0115 e. The van der Waals surface area contributed by atoms with E-state index < -0.39 is 0 Å². The van der Waals surface area contributed by atoms with Gasteiger partial charge in [0.1, 0.15) is 0 Å². The molecule has 5 atom stereocenters. The monoisotopic (exact) mass is 366 g/mol. The fourth-order valence-electron chi connectivity index (χ4n) is 8.06. The first-order valence-corrected chi connectivity index (χ1v) is 11.3. The van der Waals surface area contributed by atoms with Gasteiger partial charge in [-0.15, -0.1) is 0 Å². The number of piperidine rings is 1. The van der Waals surface area contributed by atoms with Gasteiger partial charge in [-0.05, 0) is 84.6 Å². The first kappa shape index (κ1) is 18.2. The molecular weight excluding hydrogens is 328 g/mol. The van der Waals surface area contributed by atoms with Crippen molar-refractivity contribution in [2.45, 2.75) is 71.8 Å². The molecule has 1 heterocycles. The van der Waals surface area contributed by atoms with Crippen LogP contribution in [0.1, 0.15) is 64.9 Å². The summed E-state index contributed by atoms with van der Waals surface area (Å²) in [6, 6.07) is 11.6. The zero-order valence-electron chi connectivity index (χ0n) is 17.6. The van der Waals surface area contributed by atoms with Crippen LogP contribution in [0.2, 0.25) is 0 Å². The van der Waals surface area contributed by atoms with Crippen LogP contribution in [0.15, 0.2) is 30.3 Å². The van der Waals surface area contributed by atoms with Gasteiger partial charge in [-0.2, -0.15) is 0 Å². The number of benzene rings is 1. The molecule has 3 saturated carbocycles. The number of aryl methyl sites for hydroxylation is 1. The number of hydrogen-bond acceptors (Lipinski definition) is 2. The van der Waals surface area contributed by atoms with Gasteiger partial charge >= 0.3 is 0 Å². The Balaban J connectivity index is 1.39. The Morgan fingerprint density at radius 2 is 1.85 bits per heavy atom. The molecule has 3 unspecified atom stereocenters. The fraction of sp³-hybridized carbons (Fsp3) is 0.760. The van der Waals surface area contributed by atoms with Crippen molar-refractivity contribution in [2.24, 2.45) is 33.3 Å². The quantitative estimate of drug-likeness (QED) is 0.805. The Kier molecular flexibility index (Phi) is 3.93. The van der Waals surface area contributed by atoms with Crippen LogP contribution in [-0.4, -0.2) is 30.6 Å². The van der Waals surface area contributed by atoms with E-state index in [0.717, 1.165) is 12.3 Å². The van der Waals surface area contributed by atoms with E-state index >= 15 is 0 Å². The van der Waals surface area contributed by atoms with Crippen molar-refractivity contribution in [3.8, 4) is 0 Å². The molecular formula is C25H38N2. The van der Waals surface area contributed by atoms with Crippen LogP contribution >= 0.6 is 0 Å². The number of fused-ring (bicyclic) bond motifs is 1. The van der Waals surface area contributed by atoms with Crippen molar-refractivity contribution in [2.75, 3.05) is 19.6 Å². The molecule has 148 valence electrons. The lowest BCUT2D eigenvalue weighted by atomic mass is 9.64. The Morgan fingerprint density at radius 1 is 1.07 bits per heavy atom. The lowest BCUT2D eigenvalue weighted by molar-refractivity contribution is 0.00785. The molecule has 1 aromatic rings. The minimum atomic E-state index is 0.251. The predicted octanol–water partition coefficient (Wildman–Crippen LogP) is 4.87. The Bertz CT molecular complexity index is 712. The molecule has 3 aliphatic carbocycles. The average molecular weight is 367 g/mol. The normalized spacial score (nSPS) is 45.0. The largest absolute Gasteiger partial charge is 0.327 e. The molecule has 4 fully saturated rings. The Hall–Kier alpha value is -0.860. The maximum Gasteiger partial charge on any atom is 0.0115 e. The lowest BCUT2D eigenvalue weighted by Gasteiger charge is -2.49. The van der Waals surface area contributed by atoms with E-state index in [-0.39, 0.29) is 5.41 Å². The number of nitrogens with two attached hydrogens (primary N) is 1. The zero-order valence-corrected chi connectivity index (χ0v) is 17.6. The summed E-state index contributed by atoms with van der Waals surface area (Å²) >= 11 is 0. The number of nitrogens with zero attached hydrogens (tertiary/aromatic N) is 1. The SMILES string of the molecule is CC1(C)CN(CC2(CCc3ccccc3)CC3CC24C[C@@]4(C)C3)CC[C@@H]1N. The van der Waals surface area contributed by atoms with E-state index in [1.54, 1.807) is 0 Å². The van der Waals surface area contributed by atoms with Gasteiger partial charge in [0.15, 0.2) is 0 Å². The van der Waals surface area contributed by atoms with Gasteiger partial charge in [0.25, 0.3) is 0 Å². The molecule has 1 aromatic carbocycles. The van der Waals surface area contributed by atoms with Crippen molar-refractivity contribution in [1.82, 2.24) is 4.90 Å². The molecule has 1 aliphatic heterocycles. The summed E-state index contributed by atoms with van der Waals surface area (Å²) in [5, 5.41) is 0. The summed E-state index contributed by atoms with van der Waals surface area (Å²) in [5.41, 5.74) is 10.1. The van der Waals surface area contributed by atoms with Crippen molar-refractivity contribution in [3.63, 3.8) is 0 Å². The third-order valence-electron chi connectivity index (χ3n) is 9.45. The van der Waals surface area contributed by atoms with Crippen molar-refractivity contribution in [1.29, 1.82) is 0 Å². The van der Waals surface area contributed by atoms with Gasteiger partial charge in [-0.3, -0.25) is 0 Å². The Morgan fingerprint density at radius 3 is 2.52 bits per heavy atom. The molecule has 0 radical (unpaired) electrons. The van der Waals surface area contributed by atoms with Crippen LogP contribution < -0.4 is 5.73 Å². The lowest BCUT2D eigenvalue weighted by Crippen LogP contribution is -2.55. The molecule has 27 heavy (non-hydrogen) atoms. The van der Waals surface area contributed by atoms with E-state index in [1.165, 1.54) is 63.7 Å². The van der Waals surface area contributed by atoms with Gasteiger partial charge in [-0.25, -0.2) is 0 Å². The van der Waals surface area contributed by atoms with Gasteiger partial charge in [-0.1, -0.05) is 51.1 Å². The van der Waals surface area contributed by atoms with Crippen molar-refractivity contribution in [3.05, 3.63) is 35.9 Å². The summed E-state index contributed by atoms with van der Waals surface area (Å²) in [6.07, 6.45) is 9.82. The van der Waals surface area contributed by atoms with Gasteiger partial charge in [0.2, 0.25) is 0 Å². The molecule has 1 spiro atoms. The molecule has 2 N–H and O–H groups in total. The zero-order chi connectivity index (χ0) is 18.9. The highest BCUT2D eigenvalue weighted by molar-refractivity contribution is 5.30. The minimum absolute atomic E-state index is 0.251. The molecule has 2 nitrogen and oxygen atoms in total. The number of hydrogen-bond donors (Lipinski definition) is 1. The second-order valence-electron chi connectivity index (χ2n) is 11.7. The van der Waals surface area contributed by atoms with Crippen molar-refractivity contribution < 1.29 is 0 Å². The minimum Gasteiger partial charge on any atom is -0.327 e. The van der Waals surface area contributed by atoms with Crippen LogP contribution in [0, 0.1) is 27.6 Å². The molecule has 2 heteroatoms. The number of rotatable bonds is 5. The highest BCUT2D eigenvalue weighted by Gasteiger charge is 2.80. The summed E-state index contributed by atoms with van der Waals surface area (Å²) < 4.78 is 0. The highest BCUT2D eigenvalue weighted by Crippen LogP contribution is 2.87. The van der Waals surface area contributed by atoms with Crippen LogP contribution in [0.4, 0.5) is 0 Å². The molecule has 2 bridgehead atoms.